The molecule has 6 nitrogen and oxygen atoms in total. The van der Waals surface area contributed by atoms with Crippen molar-refractivity contribution in [1.82, 2.24) is 19.4 Å². The molecular weight excluding hydrogens is 328 g/mol. The van der Waals surface area contributed by atoms with Crippen LogP contribution in [0.1, 0.15) is 67.8 Å². The Labute approximate surface area is 153 Å². The summed E-state index contributed by atoms with van der Waals surface area (Å²) in [6.45, 7) is 2.42. The highest BCUT2D eigenvalue weighted by atomic mass is 16.5. The number of imidazole rings is 1. The first kappa shape index (κ1) is 16.2. The van der Waals surface area contributed by atoms with Gasteiger partial charge in [0.05, 0.1) is 17.5 Å². The Balaban J connectivity index is 1.33. The second-order valence-electron chi connectivity index (χ2n) is 8.08. The molecule has 0 atom stereocenters. The van der Waals surface area contributed by atoms with E-state index in [2.05, 4.69) is 14.5 Å². The number of likely N-dealkylation sites (tertiary alicyclic amines) is 1. The second kappa shape index (κ2) is 6.34. The first-order valence-corrected chi connectivity index (χ1v) is 10.00. The van der Waals surface area contributed by atoms with E-state index in [9.17, 15) is 4.79 Å². The number of carbonyl (C=O) groups excluding carboxylic acids is 1. The molecule has 2 saturated heterocycles. The van der Waals surface area contributed by atoms with Gasteiger partial charge < -0.3 is 14.2 Å². The number of carbonyl (C=O) groups is 1. The minimum Gasteiger partial charge on any atom is -0.375 e. The molecular formula is C20H26N4O2. The van der Waals surface area contributed by atoms with Crippen molar-refractivity contribution in [3.8, 4) is 0 Å². The summed E-state index contributed by atoms with van der Waals surface area (Å²) in [7, 11) is 0. The van der Waals surface area contributed by atoms with E-state index < -0.39 is 0 Å². The Bertz CT molecular complexity index is 808. The first-order valence-electron chi connectivity index (χ1n) is 10.00. The van der Waals surface area contributed by atoms with Crippen LogP contribution in [0, 0.1) is 0 Å². The van der Waals surface area contributed by atoms with Crippen molar-refractivity contribution in [3.05, 3.63) is 24.2 Å². The Kier molecular flexibility index (Phi) is 3.96. The number of hydrogen-bond acceptors (Lipinski definition) is 4. The number of amides is 1. The maximum absolute atomic E-state index is 12.9. The lowest BCUT2D eigenvalue weighted by molar-refractivity contribution is -0.0387. The lowest BCUT2D eigenvalue weighted by atomic mass is 9.88. The van der Waals surface area contributed by atoms with Gasteiger partial charge in [-0.1, -0.05) is 12.8 Å². The molecule has 3 fully saturated rings. The number of rotatable bonds is 2. The summed E-state index contributed by atoms with van der Waals surface area (Å²) in [6.07, 6.45) is 12.8. The lowest BCUT2D eigenvalue weighted by Gasteiger charge is -2.38. The number of aromatic nitrogens is 3. The van der Waals surface area contributed by atoms with Crippen molar-refractivity contribution in [3.63, 3.8) is 0 Å². The molecule has 1 amide bonds. The smallest absolute Gasteiger partial charge is 0.255 e. The largest absolute Gasteiger partial charge is 0.375 e. The van der Waals surface area contributed by atoms with E-state index in [4.69, 9.17) is 4.74 Å². The quantitative estimate of drug-likeness (QED) is 0.830. The Morgan fingerprint density at radius 3 is 2.65 bits per heavy atom. The fourth-order valence-electron chi connectivity index (χ4n) is 4.93. The number of piperidine rings is 1. The molecule has 26 heavy (non-hydrogen) atoms. The highest BCUT2D eigenvalue weighted by Gasteiger charge is 2.39. The monoisotopic (exact) mass is 354 g/mol. The molecule has 0 unspecified atom stereocenters. The number of ether oxygens (including phenoxy) is 1. The number of pyridine rings is 1. The van der Waals surface area contributed by atoms with Gasteiger partial charge in [0.15, 0.2) is 5.65 Å². The summed E-state index contributed by atoms with van der Waals surface area (Å²) in [6, 6.07) is 2.42. The van der Waals surface area contributed by atoms with E-state index in [-0.39, 0.29) is 11.5 Å². The van der Waals surface area contributed by atoms with Crippen molar-refractivity contribution < 1.29 is 9.53 Å². The Morgan fingerprint density at radius 2 is 1.92 bits per heavy atom. The normalized spacial score (nSPS) is 23.3. The minimum absolute atomic E-state index is 0.0407. The Hall–Kier alpha value is -1.95. The molecule has 6 heteroatoms. The van der Waals surface area contributed by atoms with Gasteiger partial charge >= 0.3 is 0 Å². The number of fused-ring (bicyclic) bond motifs is 1. The summed E-state index contributed by atoms with van der Waals surface area (Å²) in [5.74, 6) is 0.0719. The van der Waals surface area contributed by atoms with Crippen LogP contribution in [0.4, 0.5) is 0 Å². The van der Waals surface area contributed by atoms with Crippen LogP contribution >= 0.6 is 0 Å². The summed E-state index contributed by atoms with van der Waals surface area (Å²) in [5.41, 5.74) is 2.43. The van der Waals surface area contributed by atoms with E-state index in [0.717, 1.165) is 56.5 Å². The molecule has 4 heterocycles. The second-order valence-corrected chi connectivity index (χ2v) is 8.08. The molecule has 2 aliphatic heterocycles. The number of nitrogens with zero attached hydrogens (tertiary/aromatic N) is 4. The fraction of sp³-hybridized carbons (Fsp3) is 0.650. The van der Waals surface area contributed by atoms with Crippen molar-refractivity contribution in [1.29, 1.82) is 0 Å². The third-order valence-electron chi connectivity index (χ3n) is 6.52. The van der Waals surface area contributed by atoms with Crippen LogP contribution in [-0.2, 0) is 4.74 Å². The zero-order valence-electron chi connectivity index (χ0n) is 15.2. The van der Waals surface area contributed by atoms with Crippen molar-refractivity contribution in [2.24, 2.45) is 0 Å². The van der Waals surface area contributed by atoms with Gasteiger partial charge in [-0.15, -0.1) is 0 Å². The number of hydrogen-bond donors (Lipinski definition) is 0. The van der Waals surface area contributed by atoms with Crippen molar-refractivity contribution in [2.75, 3.05) is 19.7 Å². The van der Waals surface area contributed by atoms with Gasteiger partial charge in [0.2, 0.25) is 0 Å². The molecule has 5 rings (SSSR count). The molecule has 2 aromatic rings. The molecule has 138 valence electrons. The molecule has 0 aromatic carbocycles. The highest BCUT2D eigenvalue weighted by molar-refractivity contribution is 5.96. The molecule has 2 aromatic heterocycles. The summed E-state index contributed by atoms with van der Waals surface area (Å²) < 4.78 is 8.15. The van der Waals surface area contributed by atoms with Gasteiger partial charge in [0.25, 0.3) is 5.91 Å². The molecule has 1 spiro atoms. The lowest BCUT2D eigenvalue weighted by Crippen LogP contribution is -2.46. The maximum Gasteiger partial charge on any atom is 0.255 e. The van der Waals surface area contributed by atoms with E-state index in [1.807, 2.05) is 17.3 Å². The van der Waals surface area contributed by atoms with E-state index in [0.29, 0.717) is 11.6 Å². The minimum atomic E-state index is 0.0407. The average Bonchev–Trinajstić information content (AvgIpc) is 3.42. The zero-order valence-corrected chi connectivity index (χ0v) is 15.2. The molecule has 3 aliphatic rings. The van der Waals surface area contributed by atoms with E-state index in [1.54, 1.807) is 6.20 Å². The van der Waals surface area contributed by atoms with Crippen LogP contribution in [0.5, 0.6) is 0 Å². The van der Waals surface area contributed by atoms with Crippen LogP contribution in [0.2, 0.25) is 0 Å². The first-order chi connectivity index (χ1) is 12.7. The topological polar surface area (TPSA) is 60.2 Å². The van der Waals surface area contributed by atoms with E-state index in [1.165, 1.54) is 25.7 Å². The predicted molar refractivity (Wildman–Crippen MR) is 98.1 cm³/mol. The zero-order chi connectivity index (χ0) is 17.6. The SMILES string of the molecule is O=C(c1cnc2c(c1)ncn2C1CCCC1)N1CCC2(CCCO2)CC1. The van der Waals surface area contributed by atoms with Gasteiger partial charge in [0.1, 0.15) is 5.52 Å². The van der Waals surface area contributed by atoms with Crippen molar-refractivity contribution in [2.45, 2.75) is 63.0 Å². The maximum atomic E-state index is 12.9. The van der Waals surface area contributed by atoms with E-state index >= 15 is 0 Å². The van der Waals surface area contributed by atoms with Gasteiger partial charge in [-0.2, -0.15) is 0 Å². The third kappa shape index (κ3) is 2.71. The van der Waals surface area contributed by atoms with Gasteiger partial charge in [-0.05, 0) is 44.6 Å². The highest BCUT2D eigenvalue weighted by Crippen LogP contribution is 2.36. The predicted octanol–water partition coefficient (Wildman–Crippen LogP) is 3.33. The van der Waals surface area contributed by atoms with Crippen molar-refractivity contribution >= 4 is 17.1 Å². The van der Waals surface area contributed by atoms with Crippen LogP contribution in [0.15, 0.2) is 18.6 Å². The summed E-state index contributed by atoms with van der Waals surface area (Å²) >= 11 is 0. The molecule has 1 aliphatic carbocycles. The average molecular weight is 354 g/mol. The summed E-state index contributed by atoms with van der Waals surface area (Å²) in [5, 5.41) is 0. The Morgan fingerprint density at radius 1 is 1.12 bits per heavy atom. The molecule has 0 bridgehead atoms. The fourth-order valence-corrected chi connectivity index (χ4v) is 4.93. The molecule has 1 saturated carbocycles. The van der Waals surface area contributed by atoms with Crippen LogP contribution < -0.4 is 0 Å². The van der Waals surface area contributed by atoms with Gasteiger partial charge in [-0.25, -0.2) is 9.97 Å². The van der Waals surface area contributed by atoms with Crippen LogP contribution in [0.25, 0.3) is 11.2 Å². The third-order valence-corrected chi connectivity index (χ3v) is 6.52. The standard InChI is InChI=1S/C20H26N4O2/c25-19(23-9-7-20(8-10-23)6-3-11-26-20)15-12-17-18(21-13-15)24(14-22-17)16-4-1-2-5-16/h12-14,16H,1-11H2. The molecule has 0 N–H and O–H groups in total. The summed E-state index contributed by atoms with van der Waals surface area (Å²) in [4.78, 5) is 24.0. The molecule has 0 radical (unpaired) electrons. The van der Waals surface area contributed by atoms with Gasteiger partial charge in [-0.3, -0.25) is 4.79 Å². The van der Waals surface area contributed by atoms with Crippen LogP contribution in [-0.4, -0.2) is 50.6 Å². The van der Waals surface area contributed by atoms with Crippen LogP contribution in [0.3, 0.4) is 0 Å². The van der Waals surface area contributed by atoms with Gasteiger partial charge in [0, 0.05) is 31.9 Å².